The smallest absolute Gasteiger partial charge is 0.235 e. The van der Waals surface area contributed by atoms with Gasteiger partial charge in [0.15, 0.2) is 0 Å². The molecule has 0 aliphatic heterocycles. The van der Waals surface area contributed by atoms with E-state index in [-0.39, 0.29) is 24.7 Å². The SMILES string of the molecule is CCc1nnc(CNC(=O)CCc2nc3ccc(F)cc3[nH]2)o1. The van der Waals surface area contributed by atoms with Crippen LogP contribution in [0.3, 0.4) is 0 Å². The van der Waals surface area contributed by atoms with E-state index >= 15 is 0 Å². The molecule has 2 N–H and O–H groups in total. The van der Waals surface area contributed by atoms with E-state index in [1.54, 1.807) is 6.07 Å². The number of imidazole rings is 1. The van der Waals surface area contributed by atoms with Gasteiger partial charge >= 0.3 is 0 Å². The van der Waals surface area contributed by atoms with Crippen LogP contribution in [0.25, 0.3) is 11.0 Å². The Morgan fingerprint density at radius 2 is 2.17 bits per heavy atom. The second kappa shape index (κ2) is 6.55. The summed E-state index contributed by atoms with van der Waals surface area (Å²) in [6.45, 7) is 2.12. The topological polar surface area (TPSA) is 96.7 Å². The molecule has 2 aromatic heterocycles. The lowest BCUT2D eigenvalue weighted by Gasteiger charge is -2.00. The van der Waals surface area contributed by atoms with E-state index in [1.807, 2.05) is 6.92 Å². The predicted octanol–water partition coefficient (Wildman–Crippen LogP) is 1.90. The quantitative estimate of drug-likeness (QED) is 0.724. The van der Waals surface area contributed by atoms with Crippen LogP contribution >= 0.6 is 0 Å². The third kappa shape index (κ3) is 3.71. The number of amides is 1. The van der Waals surface area contributed by atoms with Crippen molar-refractivity contribution < 1.29 is 13.6 Å². The molecule has 0 atom stereocenters. The van der Waals surface area contributed by atoms with Crippen molar-refractivity contribution >= 4 is 16.9 Å². The van der Waals surface area contributed by atoms with E-state index in [4.69, 9.17) is 4.42 Å². The molecule has 23 heavy (non-hydrogen) atoms. The second-order valence-electron chi connectivity index (χ2n) is 5.06. The van der Waals surface area contributed by atoms with Gasteiger partial charge < -0.3 is 14.7 Å². The first-order valence-corrected chi connectivity index (χ1v) is 7.36. The average molecular weight is 317 g/mol. The molecular weight excluding hydrogens is 301 g/mol. The van der Waals surface area contributed by atoms with E-state index < -0.39 is 0 Å². The van der Waals surface area contributed by atoms with Crippen molar-refractivity contribution in [2.24, 2.45) is 0 Å². The van der Waals surface area contributed by atoms with Gasteiger partial charge in [0, 0.05) is 19.3 Å². The highest BCUT2D eigenvalue weighted by molar-refractivity contribution is 5.77. The number of hydrogen-bond donors (Lipinski definition) is 2. The van der Waals surface area contributed by atoms with Gasteiger partial charge in [-0.05, 0) is 18.2 Å². The Hall–Kier alpha value is -2.77. The van der Waals surface area contributed by atoms with Crippen molar-refractivity contribution in [2.45, 2.75) is 32.7 Å². The number of aromatic amines is 1. The number of aryl methyl sites for hydroxylation is 2. The maximum Gasteiger partial charge on any atom is 0.235 e. The molecule has 120 valence electrons. The van der Waals surface area contributed by atoms with Crippen molar-refractivity contribution in [1.82, 2.24) is 25.5 Å². The van der Waals surface area contributed by atoms with Gasteiger partial charge in [0.1, 0.15) is 11.6 Å². The number of aromatic nitrogens is 4. The van der Waals surface area contributed by atoms with E-state index in [0.717, 1.165) is 0 Å². The fourth-order valence-corrected chi connectivity index (χ4v) is 2.15. The summed E-state index contributed by atoms with van der Waals surface area (Å²) in [6.07, 6.45) is 1.36. The highest BCUT2D eigenvalue weighted by Crippen LogP contribution is 2.13. The molecule has 0 fully saturated rings. The highest BCUT2D eigenvalue weighted by atomic mass is 19.1. The number of H-pyrrole nitrogens is 1. The minimum absolute atomic E-state index is 0.145. The lowest BCUT2D eigenvalue weighted by Crippen LogP contribution is -2.23. The van der Waals surface area contributed by atoms with Crippen LogP contribution in [0.1, 0.15) is 31.0 Å². The molecule has 0 bridgehead atoms. The van der Waals surface area contributed by atoms with Crippen LogP contribution < -0.4 is 5.32 Å². The fourth-order valence-electron chi connectivity index (χ4n) is 2.15. The maximum absolute atomic E-state index is 13.1. The molecule has 7 nitrogen and oxygen atoms in total. The summed E-state index contributed by atoms with van der Waals surface area (Å²) in [6, 6.07) is 4.34. The third-order valence-corrected chi connectivity index (χ3v) is 3.33. The molecule has 2 heterocycles. The van der Waals surface area contributed by atoms with Gasteiger partial charge in [-0.25, -0.2) is 9.37 Å². The summed E-state index contributed by atoms with van der Waals surface area (Å²) in [5.41, 5.74) is 1.30. The van der Waals surface area contributed by atoms with Crippen LogP contribution in [0.15, 0.2) is 22.6 Å². The van der Waals surface area contributed by atoms with Gasteiger partial charge in [-0.1, -0.05) is 6.92 Å². The van der Waals surface area contributed by atoms with Gasteiger partial charge in [0.05, 0.1) is 17.6 Å². The van der Waals surface area contributed by atoms with Gasteiger partial charge in [-0.15, -0.1) is 10.2 Å². The Morgan fingerprint density at radius 1 is 1.35 bits per heavy atom. The van der Waals surface area contributed by atoms with Crippen LogP contribution in [0.2, 0.25) is 0 Å². The average Bonchev–Trinajstić information content (AvgIpc) is 3.16. The Balaban J connectivity index is 1.51. The second-order valence-corrected chi connectivity index (χ2v) is 5.06. The molecule has 1 aromatic carbocycles. The van der Waals surface area contributed by atoms with Crippen LogP contribution in [-0.2, 0) is 24.2 Å². The van der Waals surface area contributed by atoms with Gasteiger partial charge in [-0.3, -0.25) is 4.79 Å². The Kier molecular flexibility index (Phi) is 4.31. The number of fused-ring (bicyclic) bond motifs is 1. The molecule has 0 saturated heterocycles. The first-order chi connectivity index (χ1) is 11.1. The number of benzene rings is 1. The number of carbonyl (C=O) groups excluding carboxylic acids is 1. The Morgan fingerprint density at radius 3 is 2.96 bits per heavy atom. The van der Waals surface area contributed by atoms with Gasteiger partial charge in [0.25, 0.3) is 0 Å². The number of hydrogen-bond acceptors (Lipinski definition) is 5. The first kappa shape index (κ1) is 15.1. The summed E-state index contributed by atoms with van der Waals surface area (Å²) in [5, 5.41) is 10.4. The van der Waals surface area contributed by atoms with E-state index in [9.17, 15) is 9.18 Å². The van der Waals surface area contributed by atoms with Crippen molar-refractivity contribution in [3.05, 3.63) is 41.6 Å². The Bertz CT molecular complexity index is 826. The van der Waals surface area contributed by atoms with E-state index in [0.29, 0.717) is 41.5 Å². The zero-order chi connectivity index (χ0) is 16.2. The van der Waals surface area contributed by atoms with Gasteiger partial charge in [-0.2, -0.15) is 0 Å². The third-order valence-electron chi connectivity index (χ3n) is 3.33. The van der Waals surface area contributed by atoms with Crippen molar-refractivity contribution in [3.8, 4) is 0 Å². The zero-order valence-corrected chi connectivity index (χ0v) is 12.6. The lowest BCUT2D eigenvalue weighted by molar-refractivity contribution is -0.121. The zero-order valence-electron chi connectivity index (χ0n) is 12.6. The summed E-state index contributed by atoms with van der Waals surface area (Å²) < 4.78 is 18.4. The van der Waals surface area contributed by atoms with Gasteiger partial charge in [0.2, 0.25) is 17.7 Å². The van der Waals surface area contributed by atoms with Crippen molar-refractivity contribution in [3.63, 3.8) is 0 Å². The first-order valence-electron chi connectivity index (χ1n) is 7.36. The minimum atomic E-state index is -0.323. The van der Waals surface area contributed by atoms with Crippen molar-refractivity contribution in [2.75, 3.05) is 0 Å². The van der Waals surface area contributed by atoms with E-state index in [2.05, 4.69) is 25.5 Å². The van der Waals surface area contributed by atoms with Crippen LogP contribution in [0.4, 0.5) is 4.39 Å². The normalized spacial score (nSPS) is 11.0. The number of halogens is 1. The highest BCUT2D eigenvalue weighted by Gasteiger charge is 2.09. The molecule has 1 amide bonds. The molecule has 8 heteroatoms. The van der Waals surface area contributed by atoms with Crippen LogP contribution in [0.5, 0.6) is 0 Å². The molecule has 3 aromatic rings. The summed E-state index contributed by atoms with van der Waals surface area (Å²) in [4.78, 5) is 19.2. The molecule has 0 spiro atoms. The minimum Gasteiger partial charge on any atom is -0.423 e. The molecule has 0 saturated carbocycles. The standard InChI is InChI=1S/C15H16FN5O2/c1-2-14-20-21-15(23-14)8-17-13(22)6-5-12-18-10-4-3-9(16)7-11(10)19-12/h3-4,7H,2,5-6,8H2,1H3,(H,17,22)(H,18,19). The predicted molar refractivity (Wildman–Crippen MR) is 79.9 cm³/mol. The summed E-state index contributed by atoms with van der Waals surface area (Å²) in [5.74, 6) is 1.11. The Labute approximate surface area is 131 Å². The lowest BCUT2D eigenvalue weighted by atomic mass is 10.3. The molecular formula is C15H16FN5O2. The number of carbonyl (C=O) groups is 1. The summed E-state index contributed by atoms with van der Waals surface area (Å²) in [7, 11) is 0. The number of rotatable bonds is 6. The molecule has 3 rings (SSSR count). The molecule has 0 radical (unpaired) electrons. The molecule has 0 unspecified atom stereocenters. The number of nitrogens with zero attached hydrogens (tertiary/aromatic N) is 3. The summed E-state index contributed by atoms with van der Waals surface area (Å²) >= 11 is 0. The molecule has 0 aliphatic carbocycles. The largest absolute Gasteiger partial charge is 0.423 e. The van der Waals surface area contributed by atoms with Crippen LogP contribution in [0, 0.1) is 5.82 Å². The van der Waals surface area contributed by atoms with Crippen LogP contribution in [-0.4, -0.2) is 26.1 Å². The monoisotopic (exact) mass is 317 g/mol. The maximum atomic E-state index is 13.1. The van der Waals surface area contributed by atoms with E-state index in [1.165, 1.54) is 12.1 Å². The molecule has 0 aliphatic rings. The fraction of sp³-hybridized carbons (Fsp3) is 0.333. The number of nitrogens with one attached hydrogen (secondary N) is 2. The van der Waals surface area contributed by atoms with Crippen molar-refractivity contribution in [1.29, 1.82) is 0 Å².